The SMILES string of the molecule is CCc1ccc(OCCOC(C)(C)C)c(NC(C)=O)c1C(C)=O. The van der Waals surface area contributed by atoms with Crippen LogP contribution in [0, 0.1) is 0 Å². The smallest absolute Gasteiger partial charge is 0.221 e. The number of hydrogen-bond donors (Lipinski definition) is 1. The van der Waals surface area contributed by atoms with Crippen molar-refractivity contribution in [2.75, 3.05) is 18.5 Å². The highest BCUT2D eigenvalue weighted by molar-refractivity contribution is 6.06. The molecule has 1 N–H and O–H groups in total. The minimum absolute atomic E-state index is 0.0954. The van der Waals surface area contributed by atoms with Crippen LogP contribution in [0.1, 0.15) is 57.5 Å². The number of hydrogen-bond acceptors (Lipinski definition) is 4. The number of ether oxygens (including phenoxy) is 2. The van der Waals surface area contributed by atoms with Crippen molar-refractivity contribution in [3.63, 3.8) is 0 Å². The van der Waals surface area contributed by atoms with Crippen LogP contribution in [0.25, 0.3) is 0 Å². The summed E-state index contributed by atoms with van der Waals surface area (Å²) >= 11 is 0. The van der Waals surface area contributed by atoms with Crippen LogP contribution in [0.5, 0.6) is 5.75 Å². The Bertz CT molecular complexity index is 573. The molecule has 0 atom stereocenters. The first-order valence-corrected chi connectivity index (χ1v) is 7.87. The summed E-state index contributed by atoms with van der Waals surface area (Å²) in [5.74, 6) is 0.152. The molecule has 0 bridgehead atoms. The van der Waals surface area contributed by atoms with Gasteiger partial charge >= 0.3 is 0 Å². The highest BCUT2D eigenvalue weighted by Crippen LogP contribution is 2.32. The van der Waals surface area contributed by atoms with Gasteiger partial charge in [-0.25, -0.2) is 0 Å². The summed E-state index contributed by atoms with van der Waals surface area (Å²) < 4.78 is 11.3. The normalized spacial score (nSPS) is 11.2. The van der Waals surface area contributed by atoms with Crippen molar-refractivity contribution in [3.8, 4) is 5.75 Å². The number of benzene rings is 1. The van der Waals surface area contributed by atoms with E-state index in [1.165, 1.54) is 13.8 Å². The Labute approximate surface area is 138 Å². The van der Waals surface area contributed by atoms with Gasteiger partial charge in [-0.15, -0.1) is 0 Å². The highest BCUT2D eigenvalue weighted by atomic mass is 16.5. The van der Waals surface area contributed by atoms with Gasteiger partial charge in [0.15, 0.2) is 5.78 Å². The number of ketones is 1. The van der Waals surface area contributed by atoms with Gasteiger partial charge in [0.2, 0.25) is 5.91 Å². The number of aryl methyl sites for hydroxylation is 1. The van der Waals surface area contributed by atoms with Crippen molar-refractivity contribution >= 4 is 17.4 Å². The molecule has 5 nitrogen and oxygen atoms in total. The Morgan fingerprint density at radius 3 is 2.26 bits per heavy atom. The van der Waals surface area contributed by atoms with Crippen molar-refractivity contribution in [1.82, 2.24) is 0 Å². The molecule has 1 rings (SSSR count). The molecular formula is C18H27NO4. The van der Waals surface area contributed by atoms with E-state index in [9.17, 15) is 9.59 Å². The molecule has 0 aliphatic rings. The molecule has 0 heterocycles. The number of rotatable bonds is 7. The lowest BCUT2D eigenvalue weighted by Crippen LogP contribution is -2.23. The molecule has 0 spiro atoms. The van der Waals surface area contributed by atoms with Crippen LogP contribution in [0.2, 0.25) is 0 Å². The van der Waals surface area contributed by atoms with E-state index < -0.39 is 0 Å². The van der Waals surface area contributed by atoms with E-state index in [-0.39, 0.29) is 17.3 Å². The van der Waals surface area contributed by atoms with Crippen molar-refractivity contribution in [2.24, 2.45) is 0 Å². The number of amides is 1. The lowest BCUT2D eigenvalue weighted by Gasteiger charge is -2.21. The molecule has 0 aromatic heterocycles. The first-order valence-electron chi connectivity index (χ1n) is 7.87. The molecule has 1 aromatic carbocycles. The van der Waals surface area contributed by atoms with Crippen LogP contribution in [0.4, 0.5) is 5.69 Å². The Balaban J connectivity index is 3.03. The largest absolute Gasteiger partial charge is 0.489 e. The summed E-state index contributed by atoms with van der Waals surface area (Å²) in [6, 6.07) is 3.65. The first kappa shape index (κ1) is 19.2. The molecule has 0 aliphatic carbocycles. The molecule has 0 aliphatic heterocycles. The second kappa shape index (κ2) is 8.11. The van der Waals surface area contributed by atoms with Crippen LogP contribution in [-0.2, 0) is 16.0 Å². The maximum Gasteiger partial charge on any atom is 0.221 e. The van der Waals surface area contributed by atoms with E-state index in [4.69, 9.17) is 9.47 Å². The van der Waals surface area contributed by atoms with Crippen LogP contribution < -0.4 is 10.1 Å². The molecule has 0 radical (unpaired) electrons. The summed E-state index contributed by atoms with van der Waals surface area (Å²) in [6.45, 7) is 11.6. The van der Waals surface area contributed by atoms with Gasteiger partial charge in [-0.3, -0.25) is 9.59 Å². The minimum Gasteiger partial charge on any atom is -0.489 e. The Kier molecular flexibility index (Phi) is 6.76. The topological polar surface area (TPSA) is 64.6 Å². The molecule has 0 saturated carbocycles. The fraction of sp³-hybridized carbons (Fsp3) is 0.556. The van der Waals surface area contributed by atoms with E-state index >= 15 is 0 Å². The summed E-state index contributed by atoms with van der Waals surface area (Å²) in [5, 5.41) is 2.73. The molecule has 1 aromatic rings. The summed E-state index contributed by atoms with van der Waals surface area (Å²) in [5.41, 5.74) is 1.61. The zero-order chi connectivity index (χ0) is 17.6. The second-order valence-corrected chi connectivity index (χ2v) is 6.37. The van der Waals surface area contributed by atoms with E-state index in [1.54, 1.807) is 6.07 Å². The van der Waals surface area contributed by atoms with Gasteiger partial charge in [-0.1, -0.05) is 13.0 Å². The fourth-order valence-corrected chi connectivity index (χ4v) is 2.24. The zero-order valence-electron chi connectivity index (χ0n) is 14.9. The van der Waals surface area contributed by atoms with Crippen molar-refractivity contribution < 1.29 is 19.1 Å². The van der Waals surface area contributed by atoms with Gasteiger partial charge in [-0.2, -0.15) is 0 Å². The molecular weight excluding hydrogens is 294 g/mol. The predicted molar refractivity (Wildman–Crippen MR) is 91.3 cm³/mol. The lowest BCUT2D eigenvalue weighted by atomic mass is 9.99. The monoisotopic (exact) mass is 321 g/mol. The second-order valence-electron chi connectivity index (χ2n) is 6.37. The number of anilines is 1. The Hall–Kier alpha value is -1.88. The molecule has 128 valence electrons. The maximum atomic E-state index is 12.0. The van der Waals surface area contributed by atoms with Crippen molar-refractivity contribution in [1.29, 1.82) is 0 Å². The molecule has 5 heteroatoms. The molecule has 0 saturated heterocycles. The Morgan fingerprint density at radius 2 is 1.78 bits per heavy atom. The summed E-state index contributed by atoms with van der Waals surface area (Å²) in [7, 11) is 0. The van der Waals surface area contributed by atoms with Gasteiger partial charge in [0, 0.05) is 12.5 Å². The molecule has 1 amide bonds. The van der Waals surface area contributed by atoms with Gasteiger partial charge < -0.3 is 14.8 Å². The average Bonchev–Trinajstić information content (AvgIpc) is 2.42. The third-order valence-electron chi connectivity index (χ3n) is 3.16. The number of carbonyl (C=O) groups excluding carboxylic acids is 2. The lowest BCUT2D eigenvalue weighted by molar-refractivity contribution is -0.114. The first-order chi connectivity index (χ1) is 10.7. The van der Waals surface area contributed by atoms with Gasteiger partial charge in [0.1, 0.15) is 12.4 Å². The van der Waals surface area contributed by atoms with Gasteiger partial charge in [-0.05, 0) is 45.7 Å². The van der Waals surface area contributed by atoms with Crippen molar-refractivity contribution in [2.45, 2.75) is 53.6 Å². The molecule has 0 unspecified atom stereocenters. The van der Waals surface area contributed by atoms with E-state index in [0.717, 1.165) is 5.56 Å². The van der Waals surface area contributed by atoms with E-state index in [0.29, 0.717) is 36.6 Å². The Morgan fingerprint density at radius 1 is 1.13 bits per heavy atom. The number of Topliss-reactive ketones (excluding diaryl/α,β-unsaturated/α-hetero) is 1. The molecule has 23 heavy (non-hydrogen) atoms. The molecule has 0 fully saturated rings. The standard InChI is InChI=1S/C18H27NO4/c1-7-14-8-9-15(22-10-11-23-18(4,5)6)17(19-13(3)21)16(14)12(2)20/h8-9H,7,10-11H2,1-6H3,(H,19,21). The third-order valence-corrected chi connectivity index (χ3v) is 3.16. The summed E-state index contributed by atoms with van der Waals surface area (Å²) in [4.78, 5) is 23.5. The van der Waals surface area contributed by atoms with Gasteiger partial charge in [0.25, 0.3) is 0 Å². The van der Waals surface area contributed by atoms with Crippen LogP contribution in [0.3, 0.4) is 0 Å². The van der Waals surface area contributed by atoms with Crippen molar-refractivity contribution in [3.05, 3.63) is 23.3 Å². The quantitative estimate of drug-likeness (QED) is 0.615. The van der Waals surface area contributed by atoms with Crippen LogP contribution in [-0.4, -0.2) is 30.5 Å². The highest BCUT2D eigenvalue weighted by Gasteiger charge is 2.18. The maximum absolute atomic E-state index is 12.0. The van der Waals surface area contributed by atoms with E-state index in [1.807, 2.05) is 33.8 Å². The van der Waals surface area contributed by atoms with E-state index in [2.05, 4.69) is 5.32 Å². The summed E-state index contributed by atoms with van der Waals surface area (Å²) in [6.07, 6.45) is 0.703. The predicted octanol–water partition coefficient (Wildman–Crippen LogP) is 3.60. The zero-order valence-corrected chi connectivity index (χ0v) is 14.9. The van der Waals surface area contributed by atoms with Crippen LogP contribution in [0.15, 0.2) is 12.1 Å². The minimum atomic E-state index is -0.239. The number of carbonyl (C=O) groups is 2. The average molecular weight is 321 g/mol. The van der Waals surface area contributed by atoms with Crippen LogP contribution >= 0.6 is 0 Å². The van der Waals surface area contributed by atoms with Gasteiger partial charge in [0.05, 0.1) is 17.9 Å². The fourth-order valence-electron chi connectivity index (χ4n) is 2.24. The third kappa shape index (κ3) is 6.02. The number of nitrogens with one attached hydrogen (secondary N) is 1.